The molecule has 1 saturated heterocycles. The van der Waals surface area contributed by atoms with E-state index in [0.717, 1.165) is 32.0 Å². The molecular weight excluding hydrogens is 353 g/mol. The van der Waals surface area contributed by atoms with Gasteiger partial charge in [0.25, 0.3) is 0 Å². The van der Waals surface area contributed by atoms with Crippen molar-refractivity contribution in [3.8, 4) is 0 Å². The number of aromatic nitrogens is 3. The van der Waals surface area contributed by atoms with E-state index < -0.39 is 12.1 Å². The minimum Gasteiger partial charge on any atom is -0.475 e. The second kappa shape index (κ2) is 8.95. The Hall–Kier alpha value is -2.20. The predicted molar refractivity (Wildman–Crippen MR) is 86.6 cm³/mol. The van der Waals surface area contributed by atoms with Crippen molar-refractivity contribution in [2.75, 3.05) is 26.8 Å². The van der Waals surface area contributed by atoms with Gasteiger partial charge in [0.1, 0.15) is 0 Å². The number of carbonyl (C=O) groups is 1. The van der Waals surface area contributed by atoms with Crippen molar-refractivity contribution in [1.82, 2.24) is 19.3 Å². The number of hydrogen-bond acceptors (Lipinski definition) is 5. The smallest absolute Gasteiger partial charge is 0.475 e. The van der Waals surface area contributed by atoms with Crippen molar-refractivity contribution in [2.45, 2.75) is 25.6 Å². The first-order valence-electron chi connectivity index (χ1n) is 8.09. The van der Waals surface area contributed by atoms with Gasteiger partial charge in [-0.15, -0.1) is 0 Å². The lowest BCUT2D eigenvalue weighted by molar-refractivity contribution is -0.192. The summed E-state index contributed by atoms with van der Waals surface area (Å²) in [5.41, 5.74) is 2.11. The van der Waals surface area contributed by atoms with Gasteiger partial charge in [-0.25, -0.2) is 9.78 Å². The van der Waals surface area contributed by atoms with Crippen LogP contribution in [0, 0.1) is 5.92 Å². The van der Waals surface area contributed by atoms with E-state index in [-0.39, 0.29) is 0 Å². The predicted octanol–water partition coefficient (Wildman–Crippen LogP) is 2.22. The monoisotopic (exact) mass is 374 g/mol. The number of aliphatic carboxylic acids is 1. The molecule has 0 spiro atoms. The summed E-state index contributed by atoms with van der Waals surface area (Å²) >= 11 is 0. The molecule has 0 aromatic carbocycles. The van der Waals surface area contributed by atoms with E-state index in [9.17, 15) is 13.2 Å². The second-order valence-electron chi connectivity index (χ2n) is 6.14. The van der Waals surface area contributed by atoms with Crippen LogP contribution in [0.5, 0.6) is 0 Å². The first-order chi connectivity index (χ1) is 12.3. The summed E-state index contributed by atoms with van der Waals surface area (Å²) < 4.78 is 39.4. The molecule has 0 saturated carbocycles. The molecule has 1 unspecified atom stereocenters. The molecule has 2 aromatic heterocycles. The van der Waals surface area contributed by atoms with Crippen molar-refractivity contribution in [3.63, 3.8) is 0 Å². The molecular formula is C16H21F3N4O3. The lowest BCUT2D eigenvalue weighted by Crippen LogP contribution is -2.30. The standard InChI is InChI=1S/C14H20N4O.C2HF3O2/c1-17(9-12-3-2-6-19-11-12)10-13-7-16-14-8-15-4-5-18(13)14;3-2(4,5)1(6)7/h4-5,7-8,12H,2-3,6,9-11H2,1H3;(H,6,7). The molecule has 1 atom stereocenters. The van der Waals surface area contributed by atoms with Crippen LogP contribution in [-0.2, 0) is 16.1 Å². The van der Waals surface area contributed by atoms with Gasteiger partial charge in [0.15, 0.2) is 5.65 Å². The van der Waals surface area contributed by atoms with E-state index in [0.29, 0.717) is 5.92 Å². The van der Waals surface area contributed by atoms with Crippen molar-refractivity contribution in [3.05, 3.63) is 30.5 Å². The van der Waals surface area contributed by atoms with Crippen LogP contribution in [0.3, 0.4) is 0 Å². The fraction of sp³-hybridized carbons (Fsp3) is 0.562. The highest BCUT2D eigenvalue weighted by Crippen LogP contribution is 2.16. The van der Waals surface area contributed by atoms with Crippen LogP contribution < -0.4 is 0 Å². The number of rotatable bonds is 4. The summed E-state index contributed by atoms with van der Waals surface area (Å²) in [6.07, 6.45) is 4.88. The van der Waals surface area contributed by atoms with Gasteiger partial charge in [0, 0.05) is 32.1 Å². The van der Waals surface area contributed by atoms with E-state index in [1.807, 2.05) is 12.4 Å². The van der Waals surface area contributed by atoms with Gasteiger partial charge in [0.2, 0.25) is 0 Å². The normalized spacial score (nSPS) is 17.8. The highest BCUT2D eigenvalue weighted by atomic mass is 19.4. The fourth-order valence-electron chi connectivity index (χ4n) is 2.74. The molecule has 0 amide bonds. The first kappa shape index (κ1) is 20.1. The molecule has 0 aliphatic carbocycles. The van der Waals surface area contributed by atoms with Crippen molar-refractivity contribution < 1.29 is 27.8 Å². The number of halogens is 3. The van der Waals surface area contributed by atoms with Crippen molar-refractivity contribution >= 4 is 11.6 Å². The Morgan fingerprint density at radius 3 is 2.81 bits per heavy atom. The van der Waals surface area contributed by atoms with Gasteiger partial charge in [0.05, 0.1) is 24.7 Å². The quantitative estimate of drug-likeness (QED) is 0.884. The number of carboxylic acids is 1. The zero-order chi connectivity index (χ0) is 19.2. The lowest BCUT2D eigenvalue weighted by atomic mass is 10.0. The van der Waals surface area contributed by atoms with Crippen LogP contribution in [-0.4, -0.2) is 63.3 Å². The number of hydrogen-bond donors (Lipinski definition) is 1. The molecule has 3 heterocycles. The SMILES string of the molecule is CN(Cc1cnc2cnccn12)CC1CCCOC1.O=C(O)C(F)(F)F. The van der Waals surface area contributed by atoms with Gasteiger partial charge < -0.3 is 14.7 Å². The Bertz CT molecular complexity index is 714. The summed E-state index contributed by atoms with van der Waals surface area (Å²) in [5, 5.41) is 7.12. The largest absolute Gasteiger partial charge is 0.490 e. The van der Waals surface area contributed by atoms with Crippen LogP contribution in [0.2, 0.25) is 0 Å². The van der Waals surface area contributed by atoms with Gasteiger partial charge in [-0.1, -0.05) is 0 Å². The zero-order valence-corrected chi connectivity index (χ0v) is 14.3. The molecule has 7 nitrogen and oxygen atoms in total. The number of nitrogens with zero attached hydrogens (tertiary/aromatic N) is 4. The maximum atomic E-state index is 10.6. The Morgan fingerprint density at radius 2 is 2.19 bits per heavy atom. The van der Waals surface area contributed by atoms with Crippen LogP contribution in [0.4, 0.5) is 13.2 Å². The maximum Gasteiger partial charge on any atom is 0.490 e. The average molecular weight is 374 g/mol. The first-order valence-corrected chi connectivity index (χ1v) is 8.09. The minimum absolute atomic E-state index is 0.666. The highest BCUT2D eigenvalue weighted by molar-refractivity contribution is 5.73. The number of fused-ring (bicyclic) bond motifs is 1. The summed E-state index contributed by atoms with van der Waals surface area (Å²) in [5.74, 6) is -2.09. The Balaban J connectivity index is 0.000000298. The molecule has 26 heavy (non-hydrogen) atoms. The van der Waals surface area contributed by atoms with E-state index in [2.05, 4.69) is 26.3 Å². The molecule has 1 aliphatic rings. The molecule has 1 fully saturated rings. The molecule has 3 rings (SSSR count). The van der Waals surface area contributed by atoms with E-state index in [1.165, 1.54) is 18.5 Å². The molecule has 2 aromatic rings. The van der Waals surface area contributed by atoms with Gasteiger partial charge in [-0.05, 0) is 25.8 Å². The molecule has 10 heteroatoms. The van der Waals surface area contributed by atoms with Gasteiger partial charge in [-0.3, -0.25) is 9.38 Å². The van der Waals surface area contributed by atoms with Crippen molar-refractivity contribution in [2.24, 2.45) is 5.92 Å². The number of ether oxygens (including phenoxy) is 1. The molecule has 1 aliphatic heterocycles. The summed E-state index contributed by atoms with van der Waals surface area (Å²) in [4.78, 5) is 19.7. The molecule has 0 radical (unpaired) electrons. The molecule has 144 valence electrons. The van der Waals surface area contributed by atoms with Gasteiger partial charge in [-0.2, -0.15) is 13.2 Å². The summed E-state index contributed by atoms with van der Waals surface area (Å²) in [7, 11) is 2.16. The van der Waals surface area contributed by atoms with Crippen LogP contribution in [0.25, 0.3) is 5.65 Å². The number of carboxylic acid groups (broad SMARTS) is 1. The number of imidazole rings is 1. The van der Waals surface area contributed by atoms with Gasteiger partial charge >= 0.3 is 12.1 Å². The van der Waals surface area contributed by atoms with E-state index in [1.54, 1.807) is 12.4 Å². The van der Waals surface area contributed by atoms with Crippen LogP contribution >= 0.6 is 0 Å². The average Bonchev–Trinajstić information content (AvgIpc) is 2.98. The fourth-order valence-corrected chi connectivity index (χ4v) is 2.74. The lowest BCUT2D eigenvalue weighted by Gasteiger charge is -2.26. The third-order valence-electron chi connectivity index (χ3n) is 3.89. The molecule has 1 N–H and O–H groups in total. The Labute approximate surface area is 148 Å². The summed E-state index contributed by atoms with van der Waals surface area (Å²) in [6.45, 7) is 3.82. The van der Waals surface area contributed by atoms with E-state index >= 15 is 0 Å². The molecule has 0 bridgehead atoms. The second-order valence-corrected chi connectivity index (χ2v) is 6.14. The highest BCUT2D eigenvalue weighted by Gasteiger charge is 2.38. The summed E-state index contributed by atoms with van der Waals surface area (Å²) in [6, 6.07) is 0. The van der Waals surface area contributed by atoms with Crippen molar-refractivity contribution in [1.29, 1.82) is 0 Å². The Kier molecular flexibility index (Phi) is 6.92. The maximum absolute atomic E-state index is 10.6. The zero-order valence-electron chi connectivity index (χ0n) is 14.3. The minimum atomic E-state index is -5.08. The third-order valence-corrected chi connectivity index (χ3v) is 3.89. The Morgan fingerprint density at radius 1 is 1.46 bits per heavy atom. The topological polar surface area (TPSA) is 80.0 Å². The number of alkyl halides is 3. The van der Waals surface area contributed by atoms with Crippen LogP contribution in [0.15, 0.2) is 24.8 Å². The van der Waals surface area contributed by atoms with E-state index in [4.69, 9.17) is 14.6 Å². The third kappa shape index (κ3) is 5.95. The van der Waals surface area contributed by atoms with Crippen LogP contribution in [0.1, 0.15) is 18.5 Å².